The summed E-state index contributed by atoms with van der Waals surface area (Å²) >= 11 is 0. The predicted molar refractivity (Wildman–Crippen MR) is 67.9 cm³/mol. The molecule has 0 atom stereocenters. The SMILES string of the molecule is Cc1cn(C(C)C)c(NCc2cnn(C)c2)n1. The van der Waals surface area contributed by atoms with Gasteiger partial charge in [0.15, 0.2) is 0 Å². The maximum Gasteiger partial charge on any atom is 0.203 e. The van der Waals surface area contributed by atoms with E-state index in [0.29, 0.717) is 6.04 Å². The molecule has 0 aliphatic carbocycles. The second-order valence-electron chi connectivity index (χ2n) is 4.58. The molecule has 0 aliphatic rings. The van der Waals surface area contributed by atoms with Gasteiger partial charge in [-0.25, -0.2) is 4.98 Å². The average Bonchev–Trinajstić information content (AvgIpc) is 2.82. The summed E-state index contributed by atoms with van der Waals surface area (Å²) in [6.45, 7) is 7.05. The third kappa shape index (κ3) is 2.67. The lowest BCUT2D eigenvalue weighted by atomic mass is 10.3. The van der Waals surface area contributed by atoms with Crippen LogP contribution in [-0.4, -0.2) is 19.3 Å². The minimum atomic E-state index is 0.410. The molecular formula is C12H19N5. The van der Waals surface area contributed by atoms with Crippen LogP contribution in [0.1, 0.15) is 31.1 Å². The number of hydrogen-bond donors (Lipinski definition) is 1. The van der Waals surface area contributed by atoms with E-state index in [1.807, 2.05) is 26.4 Å². The smallest absolute Gasteiger partial charge is 0.203 e. The molecule has 0 radical (unpaired) electrons. The van der Waals surface area contributed by atoms with E-state index in [9.17, 15) is 0 Å². The fourth-order valence-electron chi connectivity index (χ4n) is 1.78. The Labute approximate surface area is 101 Å². The van der Waals surface area contributed by atoms with Crippen molar-refractivity contribution in [3.05, 3.63) is 29.8 Å². The van der Waals surface area contributed by atoms with E-state index in [4.69, 9.17) is 0 Å². The van der Waals surface area contributed by atoms with Crippen molar-refractivity contribution in [3.8, 4) is 0 Å². The van der Waals surface area contributed by atoms with Gasteiger partial charge >= 0.3 is 0 Å². The zero-order valence-electron chi connectivity index (χ0n) is 10.8. The molecule has 17 heavy (non-hydrogen) atoms. The van der Waals surface area contributed by atoms with Crippen LogP contribution in [0.2, 0.25) is 0 Å². The molecule has 5 heteroatoms. The van der Waals surface area contributed by atoms with Crippen LogP contribution in [0.3, 0.4) is 0 Å². The second kappa shape index (κ2) is 4.61. The Morgan fingerprint density at radius 1 is 1.35 bits per heavy atom. The van der Waals surface area contributed by atoms with E-state index in [-0.39, 0.29) is 0 Å². The van der Waals surface area contributed by atoms with E-state index in [1.54, 1.807) is 4.68 Å². The van der Waals surface area contributed by atoms with Crippen molar-refractivity contribution < 1.29 is 0 Å². The van der Waals surface area contributed by atoms with Gasteiger partial charge in [-0.3, -0.25) is 4.68 Å². The first-order chi connectivity index (χ1) is 8.06. The highest BCUT2D eigenvalue weighted by atomic mass is 15.2. The van der Waals surface area contributed by atoms with Crippen molar-refractivity contribution in [1.29, 1.82) is 0 Å². The van der Waals surface area contributed by atoms with E-state index >= 15 is 0 Å². The zero-order valence-corrected chi connectivity index (χ0v) is 10.8. The quantitative estimate of drug-likeness (QED) is 0.880. The monoisotopic (exact) mass is 233 g/mol. The minimum Gasteiger partial charge on any atom is -0.351 e. The second-order valence-corrected chi connectivity index (χ2v) is 4.58. The summed E-state index contributed by atoms with van der Waals surface area (Å²) in [6, 6.07) is 0.410. The molecule has 1 N–H and O–H groups in total. The lowest BCUT2D eigenvalue weighted by molar-refractivity contribution is 0.604. The Kier molecular flexibility index (Phi) is 3.17. The first-order valence-electron chi connectivity index (χ1n) is 5.83. The Morgan fingerprint density at radius 3 is 2.71 bits per heavy atom. The molecule has 0 unspecified atom stereocenters. The topological polar surface area (TPSA) is 47.7 Å². The molecule has 92 valence electrons. The van der Waals surface area contributed by atoms with E-state index in [1.165, 1.54) is 0 Å². The van der Waals surface area contributed by atoms with Gasteiger partial charge < -0.3 is 9.88 Å². The van der Waals surface area contributed by atoms with Gasteiger partial charge in [-0.1, -0.05) is 0 Å². The van der Waals surface area contributed by atoms with Crippen LogP contribution in [0.4, 0.5) is 5.95 Å². The van der Waals surface area contributed by atoms with Gasteiger partial charge in [0, 0.05) is 37.6 Å². The third-order valence-corrected chi connectivity index (χ3v) is 2.62. The van der Waals surface area contributed by atoms with Crippen molar-refractivity contribution in [2.45, 2.75) is 33.4 Å². The van der Waals surface area contributed by atoms with Crippen LogP contribution in [0.5, 0.6) is 0 Å². The molecular weight excluding hydrogens is 214 g/mol. The summed E-state index contributed by atoms with van der Waals surface area (Å²) in [4.78, 5) is 4.48. The highest BCUT2D eigenvalue weighted by Crippen LogP contribution is 2.15. The summed E-state index contributed by atoms with van der Waals surface area (Å²) in [7, 11) is 1.92. The predicted octanol–water partition coefficient (Wildman–Crippen LogP) is 2.12. The normalized spacial score (nSPS) is 11.1. The number of nitrogens with zero attached hydrogens (tertiary/aromatic N) is 4. The van der Waals surface area contributed by atoms with Gasteiger partial charge in [-0.2, -0.15) is 5.10 Å². The number of nitrogens with one attached hydrogen (secondary N) is 1. The van der Waals surface area contributed by atoms with Gasteiger partial charge in [0.25, 0.3) is 0 Å². The molecule has 0 saturated heterocycles. The van der Waals surface area contributed by atoms with Crippen LogP contribution < -0.4 is 5.32 Å². The molecule has 2 aromatic heterocycles. The molecule has 0 fully saturated rings. The summed E-state index contributed by atoms with van der Waals surface area (Å²) < 4.78 is 3.95. The highest BCUT2D eigenvalue weighted by Gasteiger charge is 2.08. The van der Waals surface area contributed by atoms with Crippen molar-refractivity contribution in [2.24, 2.45) is 7.05 Å². The minimum absolute atomic E-state index is 0.410. The number of imidazole rings is 1. The third-order valence-electron chi connectivity index (χ3n) is 2.62. The summed E-state index contributed by atoms with van der Waals surface area (Å²) in [5, 5.41) is 7.48. The largest absolute Gasteiger partial charge is 0.351 e. The maximum atomic E-state index is 4.48. The Balaban J connectivity index is 2.08. The van der Waals surface area contributed by atoms with Crippen LogP contribution >= 0.6 is 0 Å². The van der Waals surface area contributed by atoms with Gasteiger partial charge in [0.1, 0.15) is 0 Å². The van der Waals surface area contributed by atoms with Crippen molar-refractivity contribution in [3.63, 3.8) is 0 Å². The van der Waals surface area contributed by atoms with Crippen LogP contribution in [0.15, 0.2) is 18.6 Å². The molecule has 0 bridgehead atoms. The standard InChI is InChI=1S/C12H19N5/c1-9(2)17-7-10(3)15-12(17)13-5-11-6-14-16(4)8-11/h6-9H,5H2,1-4H3,(H,13,15). The molecule has 0 saturated carbocycles. The van der Waals surface area contributed by atoms with Gasteiger partial charge in [0.05, 0.1) is 11.9 Å². The van der Waals surface area contributed by atoms with Crippen LogP contribution in [-0.2, 0) is 13.6 Å². The maximum absolute atomic E-state index is 4.48. The molecule has 2 heterocycles. The van der Waals surface area contributed by atoms with Gasteiger partial charge in [-0.05, 0) is 20.8 Å². The Bertz CT molecular complexity index is 495. The first kappa shape index (κ1) is 11.7. The average molecular weight is 233 g/mol. The molecule has 0 spiro atoms. The highest BCUT2D eigenvalue weighted by molar-refractivity contribution is 5.30. The summed E-state index contributed by atoms with van der Waals surface area (Å²) in [5.41, 5.74) is 2.19. The molecule has 0 aliphatic heterocycles. The summed E-state index contributed by atoms with van der Waals surface area (Å²) in [5.74, 6) is 0.918. The Morgan fingerprint density at radius 2 is 2.12 bits per heavy atom. The molecule has 0 amide bonds. The number of hydrogen-bond acceptors (Lipinski definition) is 3. The van der Waals surface area contributed by atoms with Crippen molar-refractivity contribution >= 4 is 5.95 Å². The van der Waals surface area contributed by atoms with Gasteiger partial charge in [-0.15, -0.1) is 0 Å². The molecule has 2 aromatic rings. The van der Waals surface area contributed by atoms with Crippen molar-refractivity contribution in [1.82, 2.24) is 19.3 Å². The van der Waals surface area contributed by atoms with E-state index in [2.05, 4.69) is 40.0 Å². The number of anilines is 1. The fourth-order valence-corrected chi connectivity index (χ4v) is 1.78. The molecule has 5 nitrogen and oxygen atoms in total. The van der Waals surface area contributed by atoms with Gasteiger partial charge in [0.2, 0.25) is 5.95 Å². The number of aryl methyl sites for hydroxylation is 2. The van der Waals surface area contributed by atoms with Crippen LogP contribution in [0, 0.1) is 6.92 Å². The lowest BCUT2D eigenvalue weighted by Gasteiger charge is -2.11. The first-order valence-corrected chi connectivity index (χ1v) is 5.83. The molecule has 2 rings (SSSR count). The number of rotatable bonds is 4. The lowest BCUT2D eigenvalue weighted by Crippen LogP contribution is -2.08. The molecule has 0 aromatic carbocycles. The van der Waals surface area contributed by atoms with E-state index in [0.717, 1.165) is 23.8 Å². The fraction of sp³-hybridized carbons (Fsp3) is 0.500. The Hall–Kier alpha value is -1.78. The van der Waals surface area contributed by atoms with Crippen LogP contribution in [0.25, 0.3) is 0 Å². The number of aromatic nitrogens is 4. The van der Waals surface area contributed by atoms with E-state index < -0.39 is 0 Å². The zero-order chi connectivity index (χ0) is 12.4. The van der Waals surface area contributed by atoms with Crippen molar-refractivity contribution in [2.75, 3.05) is 5.32 Å². The summed E-state index contributed by atoms with van der Waals surface area (Å²) in [6.07, 6.45) is 5.93.